The van der Waals surface area contributed by atoms with E-state index >= 15 is 0 Å². The van der Waals surface area contributed by atoms with Crippen LogP contribution in [0.15, 0.2) is 22.7 Å². The molecule has 3 aliphatic rings. The van der Waals surface area contributed by atoms with Gasteiger partial charge in [0.1, 0.15) is 22.8 Å². The van der Waals surface area contributed by atoms with Gasteiger partial charge >= 0.3 is 15.6 Å². The third-order valence-corrected chi connectivity index (χ3v) is 8.73. The summed E-state index contributed by atoms with van der Waals surface area (Å²) in [6, 6.07) is -1.28. The lowest BCUT2D eigenvalue weighted by atomic mass is 9.58. The number of allylic oxidation sites excluding steroid dienone is 1. The Morgan fingerprint density at radius 2 is 1.69 bits per heavy atom. The molecule has 8 N–H and O–H groups in total. The lowest BCUT2D eigenvalue weighted by molar-refractivity contribution is -0.148. The number of ketones is 2. The normalized spacial score (nSPS) is 26.2. The summed E-state index contributed by atoms with van der Waals surface area (Å²) in [4.78, 5) is 41.6. The number of nitrogens with two attached hydrogens (primary N) is 2. The third kappa shape index (κ3) is 4.07. The van der Waals surface area contributed by atoms with Gasteiger partial charge in [0, 0.05) is 25.6 Å². The van der Waals surface area contributed by atoms with Crippen LogP contribution in [0.2, 0.25) is 0 Å². The van der Waals surface area contributed by atoms with Gasteiger partial charge < -0.3 is 41.0 Å². The number of fused-ring (bicyclic) bond motifs is 3. The molecule has 4 rings (SSSR count). The molecular weight excluding hydrogens is 593 g/mol. The Balaban J connectivity index is 2.01. The molecule has 230 valence electrons. The topological polar surface area (TPSA) is 234 Å². The van der Waals surface area contributed by atoms with Gasteiger partial charge in [-0.05, 0) is 38.4 Å². The number of aromatic hydroxyl groups is 1. The molecule has 0 aromatic heterocycles. The molecule has 0 aliphatic heterocycles. The first kappa shape index (κ1) is 30.9. The van der Waals surface area contributed by atoms with Gasteiger partial charge in [0.15, 0.2) is 22.9 Å². The molecule has 4 atom stereocenters. The van der Waals surface area contributed by atoms with E-state index in [1.807, 2.05) is 0 Å². The fourth-order valence-corrected chi connectivity index (χ4v) is 6.56. The Kier molecular flexibility index (Phi) is 6.99. The number of carbonyl (C=O) groups is 3. The molecule has 3 aliphatic carbocycles. The van der Waals surface area contributed by atoms with Gasteiger partial charge in [-0.3, -0.25) is 19.3 Å². The van der Waals surface area contributed by atoms with Gasteiger partial charge in [-0.15, -0.1) is 0 Å². The van der Waals surface area contributed by atoms with E-state index in [1.54, 1.807) is 0 Å². The standard InChI is InChI=1S/C24H27F3N4O10S/c1-30(2)14-8-5-7-6-9-15(31(3)4)18(34)12(22(29)37)21(36)23(9,38)20(35)10(7)16(32)11(8)17(33)13(28)19(14)41-42(39,40)24(25,26)27/h7,9,15,33-35,38H,5-6,28H2,1-4H3,(H2,29,37). The first-order chi connectivity index (χ1) is 19.1. The number of nitrogens with zero attached hydrogens (tertiary/aromatic N) is 2. The van der Waals surface area contributed by atoms with E-state index in [0.29, 0.717) is 0 Å². The van der Waals surface area contributed by atoms with Crippen molar-refractivity contribution in [1.82, 2.24) is 4.90 Å². The number of aliphatic hydroxyl groups excluding tert-OH is 2. The molecule has 42 heavy (non-hydrogen) atoms. The number of aliphatic hydroxyl groups is 3. The molecule has 0 spiro atoms. The highest BCUT2D eigenvalue weighted by Gasteiger charge is 2.63. The second-order valence-electron chi connectivity index (χ2n) is 10.6. The Morgan fingerprint density at radius 3 is 2.17 bits per heavy atom. The van der Waals surface area contributed by atoms with Crippen LogP contribution in [0.1, 0.15) is 22.3 Å². The number of hydrogen-bond acceptors (Lipinski definition) is 13. The van der Waals surface area contributed by atoms with Crippen LogP contribution in [0.5, 0.6) is 11.5 Å². The second-order valence-corrected chi connectivity index (χ2v) is 12.2. The van der Waals surface area contributed by atoms with Crippen molar-refractivity contribution in [2.24, 2.45) is 17.6 Å². The summed E-state index contributed by atoms with van der Waals surface area (Å²) < 4.78 is 67.5. The highest BCUT2D eigenvalue weighted by Crippen LogP contribution is 2.56. The molecule has 0 fully saturated rings. The van der Waals surface area contributed by atoms with Crippen molar-refractivity contribution in [3.63, 3.8) is 0 Å². The number of Topliss-reactive ketones (excluding diaryl/α,β-unsaturated/α-hetero) is 2. The molecule has 18 heteroatoms. The van der Waals surface area contributed by atoms with Gasteiger partial charge in [-0.2, -0.15) is 21.6 Å². The van der Waals surface area contributed by atoms with Gasteiger partial charge in [0.25, 0.3) is 5.91 Å². The minimum Gasteiger partial charge on any atom is -0.510 e. The fraction of sp³-hybridized carbons (Fsp3) is 0.458. The van der Waals surface area contributed by atoms with E-state index < -0.39 is 108 Å². The monoisotopic (exact) mass is 620 g/mol. The molecule has 0 radical (unpaired) electrons. The molecule has 14 nitrogen and oxygen atoms in total. The maximum atomic E-state index is 13.8. The number of benzene rings is 1. The van der Waals surface area contributed by atoms with Gasteiger partial charge in [0.05, 0.1) is 17.3 Å². The summed E-state index contributed by atoms with van der Waals surface area (Å²) >= 11 is 0. The Labute approximate surface area is 236 Å². The molecule has 1 aromatic carbocycles. The average Bonchev–Trinajstić information content (AvgIpc) is 2.83. The summed E-state index contributed by atoms with van der Waals surface area (Å²) in [5.41, 5.74) is -1.57. The maximum Gasteiger partial charge on any atom is 0.534 e. The van der Waals surface area contributed by atoms with E-state index in [0.717, 1.165) is 4.90 Å². The van der Waals surface area contributed by atoms with Crippen LogP contribution in [0.4, 0.5) is 24.5 Å². The van der Waals surface area contributed by atoms with E-state index in [-0.39, 0.29) is 18.4 Å². The predicted octanol–water partition coefficient (Wildman–Crippen LogP) is -0.00280. The zero-order valence-corrected chi connectivity index (χ0v) is 23.3. The minimum absolute atomic E-state index is 0.197. The van der Waals surface area contributed by atoms with Crippen LogP contribution in [-0.4, -0.2) is 96.6 Å². The number of amides is 1. The highest BCUT2D eigenvalue weighted by molar-refractivity contribution is 7.88. The predicted molar refractivity (Wildman–Crippen MR) is 138 cm³/mol. The quantitative estimate of drug-likeness (QED) is 0.0837. The summed E-state index contributed by atoms with van der Waals surface area (Å²) in [6.07, 6.45) is -0.681. The van der Waals surface area contributed by atoms with Gasteiger partial charge in [-0.25, -0.2) is 0 Å². The summed E-state index contributed by atoms with van der Waals surface area (Å²) in [5, 5.41) is 44.6. The van der Waals surface area contributed by atoms with Crippen molar-refractivity contribution in [3.05, 3.63) is 33.8 Å². The lowest BCUT2D eigenvalue weighted by Gasteiger charge is -2.50. The van der Waals surface area contributed by atoms with Crippen LogP contribution < -0.4 is 20.6 Å². The van der Waals surface area contributed by atoms with Crippen molar-refractivity contribution >= 4 is 39.0 Å². The number of halogens is 3. The number of phenolic OH excluding ortho intramolecular Hbond substituents is 1. The third-order valence-electron chi connectivity index (χ3n) is 7.78. The molecular formula is C24H27F3N4O10S. The van der Waals surface area contributed by atoms with Crippen LogP contribution in [-0.2, 0) is 26.1 Å². The fourth-order valence-electron chi connectivity index (χ4n) is 6.08. The molecule has 1 aromatic rings. The molecule has 1 amide bonds. The highest BCUT2D eigenvalue weighted by atomic mass is 32.2. The number of phenols is 1. The molecule has 0 heterocycles. The van der Waals surface area contributed by atoms with Crippen LogP contribution >= 0.6 is 0 Å². The smallest absolute Gasteiger partial charge is 0.510 e. The first-order valence-corrected chi connectivity index (χ1v) is 13.5. The SMILES string of the molecule is CN(C)c1c2c(c(O)c(N)c1OS(=O)(=O)C(F)(F)F)C(=O)C1=C(O)C3(O)C(=O)C(C(N)=O)=C(O)C(N(C)C)C3CC1C2. The number of hydrogen-bond donors (Lipinski definition) is 6. The van der Waals surface area contributed by atoms with Crippen LogP contribution in [0.25, 0.3) is 0 Å². The number of alkyl halides is 3. The molecule has 0 bridgehead atoms. The van der Waals surface area contributed by atoms with Crippen molar-refractivity contribution in [3.8, 4) is 11.5 Å². The van der Waals surface area contributed by atoms with E-state index in [4.69, 9.17) is 11.5 Å². The van der Waals surface area contributed by atoms with Crippen molar-refractivity contribution in [2.45, 2.75) is 30.0 Å². The number of likely N-dealkylation sites (N-methyl/N-ethyl adjacent to an activating group) is 1. The second kappa shape index (κ2) is 9.50. The van der Waals surface area contributed by atoms with Gasteiger partial charge in [0.2, 0.25) is 5.78 Å². The number of nitrogen functional groups attached to an aromatic ring is 1. The first-order valence-electron chi connectivity index (χ1n) is 12.1. The van der Waals surface area contributed by atoms with Crippen LogP contribution in [0.3, 0.4) is 0 Å². The minimum atomic E-state index is -6.28. The number of anilines is 2. The molecule has 4 unspecified atom stereocenters. The molecule has 0 saturated heterocycles. The Hall–Kier alpha value is -4.03. The van der Waals surface area contributed by atoms with Crippen molar-refractivity contribution < 1.29 is 60.6 Å². The molecule has 0 saturated carbocycles. The maximum absolute atomic E-state index is 13.8. The number of primary amides is 1. The summed E-state index contributed by atoms with van der Waals surface area (Å²) in [5.74, 6) is -10.7. The van der Waals surface area contributed by atoms with E-state index in [9.17, 15) is 56.4 Å². The Bertz CT molecular complexity index is 1620. The zero-order chi connectivity index (χ0) is 32.0. The number of rotatable bonds is 5. The zero-order valence-electron chi connectivity index (χ0n) is 22.5. The Morgan fingerprint density at radius 1 is 1.12 bits per heavy atom. The van der Waals surface area contributed by atoms with E-state index in [1.165, 1.54) is 33.1 Å². The van der Waals surface area contributed by atoms with Crippen molar-refractivity contribution in [2.75, 3.05) is 38.8 Å². The van der Waals surface area contributed by atoms with Crippen LogP contribution in [0, 0.1) is 11.8 Å². The largest absolute Gasteiger partial charge is 0.534 e. The summed E-state index contributed by atoms with van der Waals surface area (Å²) in [6.45, 7) is 0. The summed E-state index contributed by atoms with van der Waals surface area (Å²) in [7, 11) is -0.855. The van der Waals surface area contributed by atoms with Gasteiger partial charge in [-0.1, -0.05) is 0 Å². The average molecular weight is 621 g/mol. The van der Waals surface area contributed by atoms with E-state index in [2.05, 4.69) is 4.18 Å². The number of carbonyl (C=O) groups excluding carboxylic acids is 3. The van der Waals surface area contributed by atoms with Crippen molar-refractivity contribution in [1.29, 1.82) is 0 Å². The lowest BCUT2D eigenvalue weighted by Crippen LogP contribution is -2.63.